The molecule has 3 rings (SSSR count). The Labute approximate surface area is 144 Å². The van der Waals surface area contributed by atoms with Gasteiger partial charge in [-0.1, -0.05) is 18.5 Å². The summed E-state index contributed by atoms with van der Waals surface area (Å²) in [4.78, 5) is 23.1. The molecule has 1 aliphatic rings. The van der Waals surface area contributed by atoms with Gasteiger partial charge in [0.1, 0.15) is 0 Å². The largest absolute Gasteiger partial charge is 0.435 e. The van der Waals surface area contributed by atoms with E-state index in [1.165, 1.54) is 6.92 Å². The second kappa shape index (κ2) is 6.28. The minimum absolute atomic E-state index is 0.161. The summed E-state index contributed by atoms with van der Waals surface area (Å²) in [5.74, 6) is 0.861. The van der Waals surface area contributed by atoms with Crippen molar-refractivity contribution in [1.29, 1.82) is 0 Å². The Morgan fingerprint density at radius 3 is 2.88 bits per heavy atom. The number of fused-ring (bicyclic) bond motifs is 1. The first kappa shape index (κ1) is 16.5. The fourth-order valence-electron chi connectivity index (χ4n) is 3.07. The molecule has 7 heteroatoms. The third kappa shape index (κ3) is 3.01. The third-order valence-corrected chi connectivity index (χ3v) is 4.44. The minimum atomic E-state index is -0.173. The van der Waals surface area contributed by atoms with Crippen LogP contribution in [-0.4, -0.2) is 16.1 Å². The van der Waals surface area contributed by atoms with Crippen LogP contribution in [0.3, 0.4) is 0 Å². The summed E-state index contributed by atoms with van der Waals surface area (Å²) in [6, 6.07) is 3.40. The number of anilines is 1. The molecule has 0 aliphatic heterocycles. The van der Waals surface area contributed by atoms with Crippen molar-refractivity contribution < 1.29 is 9.53 Å². The molecule has 0 saturated heterocycles. The molecule has 6 nitrogen and oxygen atoms in total. The molecular weight excluding hydrogens is 330 g/mol. The highest BCUT2D eigenvalue weighted by atomic mass is 35.5. The molecule has 1 aromatic carbocycles. The number of hydrogen-bond donors (Lipinski definition) is 2. The SMILES string of the molecule is CC(=O)Nc1cc(C)c(Oc2n[nH]c(=O)c3c2CCC3C)c(Cl)c1. The maximum atomic E-state index is 12.0. The van der Waals surface area contributed by atoms with E-state index >= 15 is 0 Å². The lowest BCUT2D eigenvalue weighted by Gasteiger charge is -2.14. The van der Waals surface area contributed by atoms with Crippen LogP contribution in [-0.2, 0) is 11.2 Å². The van der Waals surface area contributed by atoms with Crippen molar-refractivity contribution in [2.45, 2.75) is 39.5 Å². The highest BCUT2D eigenvalue weighted by molar-refractivity contribution is 6.32. The van der Waals surface area contributed by atoms with E-state index < -0.39 is 0 Å². The normalized spacial score (nSPS) is 15.9. The number of ether oxygens (including phenoxy) is 1. The number of benzene rings is 1. The molecule has 1 amide bonds. The summed E-state index contributed by atoms with van der Waals surface area (Å²) in [6.07, 6.45) is 1.65. The fourth-order valence-corrected chi connectivity index (χ4v) is 3.37. The van der Waals surface area contributed by atoms with Crippen LogP contribution >= 0.6 is 11.6 Å². The van der Waals surface area contributed by atoms with Gasteiger partial charge in [0.25, 0.3) is 5.56 Å². The number of nitrogens with one attached hydrogen (secondary N) is 2. The van der Waals surface area contributed by atoms with E-state index in [1.807, 2.05) is 13.8 Å². The van der Waals surface area contributed by atoms with Gasteiger partial charge in [0.2, 0.25) is 11.8 Å². The van der Waals surface area contributed by atoms with Gasteiger partial charge in [0.15, 0.2) is 5.75 Å². The number of aromatic nitrogens is 2. The molecule has 1 unspecified atom stereocenters. The molecule has 0 spiro atoms. The molecular formula is C17H18ClN3O3. The molecule has 2 aromatic rings. The van der Waals surface area contributed by atoms with Crippen LogP contribution in [0.25, 0.3) is 0 Å². The molecule has 0 fully saturated rings. The van der Waals surface area contributed by atoms with E-state index in [1.54, 1.807) is 12.1 Å². The molecule has 1 heterocycles. The topological polar surface area (TPSA) is 84.1 Å². The predicted molar refractivity (Wildman–Crippen MR) is 92.2 cm³/mol. The average molecular weight is 348 g/mol. The summed E-state index contributed by atoms with van der Waals surface area (Å²) < 4.78 is 5.92. The van der Waals surface area contributed by atoms with Gasteiger partial charge in [-0.15, -0.1) is 5.10 Å². The van der Waals surface area contributed by atoms with Gasteiger partial charge >= 0.3 is 0 Å². The number of amides is 1. The zero-order valence-corrected chi connectivity index (χ0v) is 14.5. The number of nitrogens with zero attached hydrogens (tertiary/aromatic N) is 1. The second-order valence-corrected chi connectivity index (χ2v) is 6.48. The molecule has 24 heavy (non-hydrogen) atoms. The maximum Gasteiger partial charge on any atom is 0.268 e. The Bertz CT molecular complexity index is 853. The van der Waals surface area contributed by atoms with Gasteiger partial charge in [-0.3, -0.25) is 9.59 Å². The van der Waals surface area contributed by atoms with Crippen molar-refractivity contribution >= 4 is 23.2 Å². The predicted octanol–water partition coefficient (Wildman–Crippen LogP) is 3.53. The molecule has 126 valence electrons. The lowest BCUT2D eigenvalue weighted by atomic mass is 10.1. The molecule has 1 aliphatic carbocycles. The van der Waals surface area contributed by atoms with Gasteiger partial charge in [-0.2, -0.15) is 0 Å². The van der Waals surface area contributed by atoms with Crippen molar-refractivity contribution in [2.75, 3.05) is 5.32 Å². The Kier molecular flexibility index (Phi) is 4.32. The van der Waals surface area contributed by atoms with Crippen molar-refractivity contribution in [3.8, 4) is 11.6 Å². The number of halogens is 1. The molecule has 0 bridgehead atoms. The number of aryl methyl sites for hydroxylation is 1. The average Bonchev–Trinajstić information content (AvgIpc) is 2.87. The number of aromatic amines is 1. The van der Waals surface area contributed by atoms with E-state index in [2.05, 4.69) is 15.5 Å². The van der Waals surface area contributed by atoms with Gasteiger partial charge in [0, 0.05) is 23.7 Å². The van der Waals surface area contributed by atoms with Gasteiger partial charge in [-0.25, -0.2) is 5.10 Å². The van der Waals surface area contributed by atoms with Crippen LogP contribution in [0.1, 0.15) is 42.9 Å². The Balaban J connectivity index is 1.98. The van der Waals surface area contributed by atoms with Crippen LogP contribution < -0.4 is 15.6 Å². The summed E-state index contributed by atoms with van der Waals surface area (Å²) in [5.41, 5.74) is 2.78. The van der Waals surface area contributed by atoms with Gasteiger partial charge in [-0.05, 0) is 43.4 Å². The van der Waals surface area contributed by atoms with Crippen LogP contribution in [0.5, 0.6) is 11.6 Å². The van der Waals surface area contributed by atoms with Crippen LogP contribution in [0.2, 0.25) is 5.02 Å². The van der Waals surface area contributed by atoms with Gasteiger partial charge < -0.3 is 10.1 Å². The van der Waals surface area contributed by atoms with E-state index in [0.29, 0.717) is 22.3 Å². The Morgan fingerprint density at radius 2 is 2.21 bits per heavy atom. The highest BCUT2D eigenvalue weighted by Crippen LogP contribution is 2.39. The monoisotopic (exact) mass is 347 g/mol. The maximum absolute atomic E-state index is 12.0. The van der Waals surface area contributed by atoms with E-state index in [-0.39, 0.29) is 17.4 Å². The first-order valence-corrected chi connectivity index (χ1v) is 8.11. The molecule has 1 atom stereocenters. The Morgan fingerprint density at radius 1 is 1.46 bits per heavy atom. The smallest absolute Gasteiger partial charge is 0.268 e. The third-order valence-electron chi connectivity index (χ3n) is 4.16. The number of hydrogen-bond acceptors (Lipinski definition) is 4. The quantitative estimate of drug-likeness (QED) is 0.889. The zero-order chi connectivity index (χ0) is 17.4. The van der Waals surface area contributed by atoms with Crippen molar-refractivity contribution in [3.05, 3.63) is 44.2 Å². The Hall–Kier alpha value is -2.34. The number of carbonyl (C=O) groups excluding carboxylic acids is 1. The highest BCUT2D eigenvalue weighted by Gasteiger charge is 2.27. The van der Waals surface area contributed by atoms with Crippen LogP contribution in [0, 0.1) is 6.92 Å². The summed E-state index contributed by atoms with van der Waals surface area (Å²) in [7, 11) is 0. The minimum Gasteiger partial charge on any atom is -0.435 e. The first-order chi connectivity index (χ1) is 11.4. The number of H-pyrrole nitrogens is 1. The van der Waals surface area contributed by atoms with Crippen molar-refractivity contribution in [1.82, 2.24) is 10.2 Å². The first-order valence-electron chi connectivity index (χ1n) is 7.74. The molecule has 2 N–H and O–H groups in total. The summed E-state index contributed by atoms with van der Waals surface area (Å²) >= 11 is 6.30. The van der Waals surface area contributed by atoms with E-state index in [0.717, 1.165) is 29.5 Å². The molecule has 1 aromatic heterocycles. The number of rotatable bonds is 3. The molecule has 0 saturated carbocycles. The molecule has 0 radical (unpaired) electrons. The number of carbonyl (C=O) groups is 1. The lowest BCUT2D eigenvalue weighted by molar-refractivity contribution is -0.114. The van der Waals surface area contributed by atoms with Crippen LogP contribution in [0.15, 0.2) is 16.9 Å². The second-order valence-electron chi connectivity index (χ2n) is 6.08. The van der Waals surface area contributed by atoms with E-state index in [4.69, 9.17) is 16.3 Å². The van der Waals surface area contributed by atoms with E-state index in [9.17, 15) is 9.59 Å². The van der Waals surface area contributed by atoms with Crippen LogP contribution in [0.4, 0.5) is 5.69 Å². The summed E-state index contributed by atoms with van der Waals surface area (Å²) in [5, 5.41) is 9.60. The summed E-state index contributed by atoms with van der Waals surface area (Å²) in [6.45, 7) is 5.29. The van der Waals surface area contributed by atoms with Gasteiger partial charge in [0.05, 0.1) is 5.02 Å². The van der Waals surface area contributed by atoms with Crippen molar-refractivity contribution in [3.63, 3.8) is 0 Å². The zero-order valence-electron chi connectivity index (χ0n) is 13.7. The standard InChI is InChI=1S/C17H18ClN3O3/c1-8-4-5-12-14(8)16(23)20-21-17(12)24-15-9(2)6-11(7-13(15)18)19-10(3)22/h6-8H,4-5H2,1-3H3,(H,19,22)(H,20,23). The fraction of sp³-hybridized carbons (Fsp3) is 0.353. The lowest BCUT2D eigenvalue weighted by Crippen LogP contribution is -2.16. The van der Waals surface area contributed by atoms with Crippen molar-refractivity contribution in [2.24, 2.45) is 0 Å².